The van der Waals surface area contributed by atoms with Crippen molar-refractivity contribution in [3.63, 3.8) is 0 Å². The Labute approximate surface area is 205 Å². The highest BCUT2D eigenvalue weighted by Crippen LogP contribution is 2.35. The van der Waals surface area contributed by atoms with Crippen molar-refractivity contribution in [3.05, 3.63) is 51.6 Å². The van der Waals surface area contributed by atoms with Crippen molar-refractivity contribution in [3.8, 4) is 0 Å². The zero-order valence-electron chi connectivity index (χ0n) is 21.2. The minimum absolute atomic E-state index is 0.0339. The minimum Gasteiger partial charge on any atom is -0.465 e. The zero-order chi connectivity index (χ0) is 24.9. The number of aromatic amines is 1. The van der Waals surface area contributed by atoms with E-state index in [4.69, 9.17) is 4.74 Å². The van der Waals surface area contributed by atoms with Gasteiger partial charge >= 0.3 is 5.97 Å². The molecule has 0 saturated heterocycles. The molecule has 9 heteroatoms. The van der Waals surface area contributed by atoms with E-state index in [1.165, 1.54) is 6.42 Å². The summed E-state index contributed by atoms with van der Waals surface area (Å²) < 4.78 is 6.68. The Balaban J connectivity index is 1.73. The fraction of sp³-hybridized carbons (Fsp3) is 0.577. The van der Waals surface area contributed by atoms with Gasteiger partial charge in [0.15, 0.2) is 5.82 Å². The number of aromatic nitrogens is 5. The third kappa shape index (κ3) is 5.78. The first-order valence-corrected chi connectivity index (χ1v) is 12.7. The number of nitrogens with zero attached hydrogens (tertiary/aromatic N) is 5. The first kappa shape index (κ1) is 25.0. The number of rotatable bonds is 9. The number of aryl methyl sites for hydroxylation is 1. The van der Waals surface area contributed by atoms with Gasteiger partial charge in [0.25, 0.3) is 5.56 Å². The lowest BCUT2D eigenvalue weighted by molar-refractivity contribution is -0.144. The van der Waals surface area contributed by atoms with Crippen LogP contribution >= 0.6 is 0 Å². The van der Waals surface area contributed by atoms with Gasteiger partial charge in [0.1, 0.15) is 6.54 Å². The van der Waals surface area contributed by atoms with Crippen LogP contribution in [0.2, 0.25) is 0 Å². The maximum atomic E-state index is 13.1. The number of hydrogen-bond acceptors (Lipinski definition) is 7. The van der Waals surface area contributed by atoms with E-state index in [2.05, 4.69) is 51.4 Å². The first-order chi connectivity index (χ1) is 16.9. The van der Waals surface area contributed by atoms with E-state index >= 15 is 0 Å². The van der Waals surface area contributed by atoms with Gasteiger partial charge in [-0.15, -0.1) is 5.10 Å². The molecule has 0 amide bonds. The average molecular weight is 481 g/mol. The summed E-state index contributed by atoms with van der Waals surface area (Å²) in [6.07, 6.45) is 5.67. The van der Waals surface area contributed by atoms with Gasteiger partial charge in [-0.1, -0.05) is 45.2 Å². The number of carbonyl (C=O) groups is 1. The van der Waals surface area contributed by atoms with Crippen molar-refractivity contribution in [1.82, 2.24) is 30.1 Å². The summed E-state index contributed by atoms with van der Waals surface area (Å²) in [5, 5.41) is 13.4. The standard InChI is InChI=1S/C26H36N6O3/c1-5-35-23(33)16-32-25(28-29-30-32)24(17(2)3)31(21-9-7-6-8-10-21)15-20-14-19-12-11-18(4)13-22(19)27-26(20)34/h11-14,17,21,24H,5-10,15-16H2,1-4H3,(H,27,34). The predicted molar refractivity (Wildman–Crippen MR) is 134 cm³/mol. The van der Waals surface area contributed by atoms with Crippen LogP contribution in [0.4, 0.5) is 0 Å². The van der Waals surface area contributed by atoms with E-state index in [9.17, 15) is 9.59 Å². The van der Waals surface area contributed by atoms with Crippen molar-refractivity contribution in [2.45, 2.75) is 85.0 Å². The van der Waals surface area contributed by atoms with Crippen molar-refractivity contribution in [2.75, 3.05) is 6.61 Å². The highest BCUT2D eigenvalue weighted by atomic mass is 16.5. The average Bonchev–Trinajstić information content (AvgIpc) is 3.27. The SMILES string of the molecule is CCOC(=O)Cn1nnnc1C(C(C)C)N(Cc1cc2ccc(C)cc2[nH]c1=O)C1CCCCC1. The number of carbonyl (C=O) groups excluding carboxylic acids is 1. The molecule has 9 nitrogen and oxygen atoms in total. The highest BCUT2D eigenvalue weighted by Gasteiger charge is 2.35. The smallest absolute Gasteiger partial charge is 0.327 e. The molecule has 1 unspecified atom stereocenters. The number of esters is 1. The Morgan fingerprint density at radius 3 is 2.71 bits per heavy atom. The lowest BCUT2D eigenvalue weighted by atomic mass is 9.90. The highest BCUT2D eigenvalue weighted by molar-refractivity contribution is 5.79. The monoisotopic (exact) mass is 480 g/mol. The second-order valence-corrected chi connectivity index (χ2v) is 9.87. The molecule has 1 saturated carbocycles. The maximum Gasteiger partial charge on any atom is 0.327 e. The van der Waals surface area contributed by atoms with Crippen LogP contribution in [0.1, 0.15) is 75.9 Å². The van der Waals surface area contributed by atoms with E-state index in [1.54, 1.807) is 11.6 Å². The zero-order valence-corrected chi connectivity index (χ0v) is 21.2. The van der Waals surface area contributed by atoms with Crippen LogP contribution in [-0.2, 0) is 22.6 Å². The third-order valence-corrected chi connectivity index (χ3v) is 6.87. The molecule has 4 rings (SSSR count). The predicted octanol–water partition coefficient (Wildman–Crippen LogP) is 3.92. The number of hydrogen-bond donors (Lipinski definition) is 1. The number of tetrazole rings is 1. The number of pyridine rings is 1. The summed E-state index contributed by atoms with van der Waals surface area (Å²) in [6.45, 7) is 8.83. The van der Waals surface area contributed by atoms with Crippen molar-refractivity contribution < 1.29 is 9.53 Å². The van der Waals surface area contributed by atoms with Crippen LogP contribution in [0.15, 0.2) is 29.1 Å². The Morgan fingerprint density at radius 2 is 2.00 bits per heavy atom. The Kier molecular flexibility index (Phi) is 7.95. The molecule has 188 valence electrons. The van der Waals surface area contributed by atoms with Gasteiger partial charge in [0.2, 0.25) is 0 Å². The molecular weight excluding hydrogens is 444 g/mol. The molecule has 0 radical (unpaired) electrons. The van der Waals surface area contributed by atoms with Crippen molar-refractivity contribution in [2.24, 2.45) is 5.92 Å². The number of ether oxygens (including phenoxy) is 1. The number of nitrogens with one attached hydrogen (secondary N) is 1. The molecule has 0 aliphatic heterocycles. The molecule has 35 heavy (non-hydrogen) atoms. The summed E-state index contributed by atoms with van der Waals surface area (Å²) in [4.78, 5) is 30.8. The number of H-pyrrole nitrogens is 1. The molecule has 0 bridgehead atoms. The van der Waals surface area contributed by atoms with E-state index in [0.29, 0.717) is 25.0 Å². The van der Waals surface area contributed by atoms with Gasteiger partial charge in [-0.2, -0.15) is 0 Å². The molecule has 2 aromatic heterocycles. The molecule has 1 aliphatic carbocycles. The second-order valence-electron chi connectivity index (χ2n) is 9.87. The van der Waals surface area contributed by atoms with E-state index in [0.717, 1.165) is 47.7 Å². The molecular formula is C26H36N6O3. The fourth-order valence-corrected chi connectivity index (χ4v) is 5.24. The Bertz CT molecular complexity index is 1210. The minimum atomic E-state index is -0.367. The lowest BCUT2D eigenvalue weighted by Crippen LogP contribution is -2.43. The van der Waals surface area contributed by atoms with E-state index < -0.39 is 0 Å². The molecule has 1 aliphatic rings. The van der Waals surface area contributed by atoms with Crippen LogP contribution in [0, 0.1) is 12.8 Å². The van der Waals surface area contributed by atoms with E-state index in [-0.39, 0.29) is 30.0 Å². The van der Waals surface area contributed by atoms with Crippen LogP contribution in [-0.4, -0.2) is 48.7 Å². The quantitative estimate of drug-likeness (QED) is 0.463. The largest absolute Gasteiger partial charge is 0.465 e. The molecule has 1 fully saturated rings. The summed E-state index contributed by atoms with van der Waals surface area (Å²) >= 11 is 0. The van der Waals surface area contributed by atoms with Crippen LogP contribution in [0.3, 0.4) is 0 Å². The second kappa shape index (κ2) is 11.1. The molecule has 3 aromatic rings. The molecule has 2 heterocycles. The summed E-state index contributed by atoms with van der Waals surface area (Å²) in [5.74, 6) is 0.423. The molecule has 1 N–H and O–H groups in total. The van der Waals surface area contributed by atoms with Gasteiger partial charge < -0.3 is 9.72 Å². The fourth-order valence-electron chi connectivity index (χ4n) is 5.24. The first-order valence-electron chi connectivity index (χ1n) is 12.7. The summed E-state index contributed by atoms with van der Waals surface area (Å²) in [5.41, 5.74) is 2.61. The van der Waals surface area contributed by atoms with E-state index in [1.807, 2.05) is 19.1 Å². The van der Waals surface area contributed by atoms with Gasteiger partial charge in [-0.25, -0.2) is 4.68 Å². The molecule has 1 aromatic carbocycles. The third-order valence-electron chi connectivity index (χ3n) is 6.87. The van der Waals surface area contributed by atoms with Gasteiger partial charge in [0.05, 0.1) is 12.6 Å². The maximum absolute atomic E-state index is 13.1. The van der Waals surface area contributed by atoms with Crippen LogP contribution in [0.25, 0.3) is 10.9 Å². The topological polar surface area (TPSA) is 106 Å². The van der Waals surface area contributed by atoms with Crippen molar-refractivity contribution >= 4 is 16.9 Å². The Hall–Kier alpha value is -3.07. The van der Waals surface area contributed by atoms with Gasteiger partial charge in [-0.05, 0) is 66.1 Å². The lowest BCUT2D eigenvalue weighted by Gasteiger charge is -2.41. The van der Waals surface area contributed by atoms with Gasteiger partial charge in [0, 0.05) is 23.7 Å². The number of benzene rings is 1. The van der Waals surface area contributed by atoms with Crippen LogP contribution < -0.4 is 5.56 Å². The number of fused-ring (bicyclic) bond motifs is 1. The normalized spacial score (nSPS) is 15.7. The van der Waals surface area contributed by atoms with Crippen LogP contribution in [0.5, 0.6) is 0 Å². The molecule has 1 atom stereocenters. The van der Waals surface area contributed by atoms with Gasteiger partial charge in [-0.3, -0.25) is 14.5 Å². The molecule has 0 spiro atoms. The van der Waals surface area contributed by atoms with Crippen molar-refractivity contribution in [1.29, 1.82) is 0 Å². The summed E-state index contributed by atoms with van der Waals surface area (Å²) in [7, 11) is 0. The summed E-state index contributed by atoms with van der Waals surface area (Å²) in [6, 6.07) is 8.26. The Morgan fingerprint density at radius 1 is 1.23 bits per heavy atom.